The van der Waals surface area contributed by atoms with Crippen LogP contribution in [0.4, 0.5) is 23.1 Å². The molecule has 0 amide bonds. The maximum atomic E-state index is 6.36. The molecule has 0 saturated heterocycles. The Hall–Kier alpha value is -3.25. The van der Waals surface area contributed by atoms with Gasteiger partial charge in [-0.2, -0.15) is 10.1 Å². The van der Waals surface area contributed by atoms with E-state index in [9.17, 15) is 0 Å². The van der Waals surface area contributed by atoms with Gasteiger partial charge in [-0.3, -0.25) is 4.98 Å². The molecular weight excluding hydrogens is 360 g/mol. The van der Waals surface area contributed by atoms with Gasteiger partial charge in [-0.25, -0.2) is 0 Å². The second-order valence-corrected chi connectivity index (χ2v) is 6.64. The number of hydrogen-bond acceptors (Lipinski definition) is 6. The van der Waals surface area contributed by atoms with E-state index in [1.54, 1.807) is 12.4 Å². The number of para-hydroxylation sites is 1. The zero-order valence-corrected chi connectivity index (χ0v) is 15.6. The smallest absolute Gasteiger partial charge is 0.249 e. The summed E-state index contributed by atoms with van der Waals surface area (Å²) in [5.41, 5.74) is 4.60. The van der Waals surface area contributed by atoms with Crippen LogP contribution in [-0.4, -0.2) is 20.2 Å². The molecule has 2 aromatic heterocycles. The Morgan fingerprint density at radius 3 is 2.70 bits per heavy atom. The lowest BCUT2D eigenvalue weighted by molar-refractivity contribution is 0.982. The number of rotatable bonds is 4. The number of hydrogen-bond donors (Lipinski definition) is 2. The fourth-order valence-corrected chi connectivity index (χ4v) is 3.31. The number of benzene rings is 2. The molecule has 2 heterocycles. The molecule has 0 bridgehead atoms. The molecule has 0 aliphatic rings. The number of fused-ring (bicyclic) bond motifs is 1. The first-order valence-corrected chi connectivity index (χ1v) is 8.82. The minimum Gasteiger partial charge on any atom is -0.337 e. The highest BCUT2D eigenvalue weighted by Gasteiger charge is 2.09. The Bertz CT molecular complexity index is 1100. The quantitative estimate of drug-likeness (QED) is 0.511. The van der Waals surface area contributed by atoms with Crippen molar-refractivity contribution >= 4 is 45.6 Å². The molecule has 6 nitrogen and oxygen atoms in total. The van der Waals surface area contributed by atoms with Crippen LogP contribution in [0.3, 0.4) is 0 Å². The number of halogens is 1. The lowest BCUT2D eigenvalue weighted by Gasteiger charge is -2.12. The van der Waals surface area contributed by atoms with E-state index in [1.807, 2.05) is 56.3 Å². The number of nitrogens with zero attached hydrogens (tertiary/aromatic N) is 4. The molecule has 0 atom stereocenters. The monoisotopic (exact) mass is 376 g/mol. The van der Waals surface area contributed by atoms with Gasteiger partial charge in [0.15, 0.2) is 5.82 Å². The van der Waals surface area contributed by atoms with Gasteiger partial charge in [-0.05, 0) is 43.2 Å². The summed E-state index contributed by atoms with van der Waals surface area (Å²) in [6.07, 6.45) is 3.33. The highest BCUT2D eigenvalue weighted by Crippen LogP contribution is 2.29. The fourth-order valence-electron chi connectivity index (χ4n) is 2.95. The van der Waals surface area contributed by atoms with Gasteiger partial charge in [0.1, 0.15) is 0 Å². The van der Waals surface area contributed by atoms with Crippen LogP contribution < -0.4 is 10.6 Å². The van der Waals surface area contributed by atoms with Crippen molar-refractivity contribution < 1.29 is 0 Å². The zero-order chi connectivity index (χ0) is 18.8. The van der Waals surface area contributed by atoms with Crippen molar-refractivity contribution in [1.29, 1.82) is 0 Å². The molecule has 134 valence electrons. The predicted molar refractivity (Wildman–Crippen MR) is 109 cm³/mol. The molecule has 27 heavy (non-hydrogen) atoms. The Labute approximate surface area is 161 Å². The number of aromatic nitrogens is 4. The highest BCUT2D eigenvalue weighted by atomic mass is 35.5. The van der Waals surface area contributed by atoms with Crippen LogP contribution in [0.5, 0.6) is 0 Å². The van der Waals surface area contributed by atoms with Gasteiger partial charge in [-0.1, -0.05) is 35.9 Å². The number of pyridine rings is 1. The summed E-state index contributed by atoms with van der Waals surface area (Å²) in [6.45, 7) is 3.99. The molecule has 0 aliphatic carbocycles. The van der Waals surface area contributed by atoms with Gasteiger partial charge in [0, 0.05) is 11.6 Å². The van der Waals surface area contributed by atoms with Crippen molar-refractivity contribution in [3.05, 3.63) is 71.0 Å². The van der Waals surface area contributed by atoms with Gasteiger partial charge >= 0.3 is 0 Å². The lowest BCUT2D eigenvalue weighted by atomic mass is 10.1. The fraction of sp³-hybridized carbons (Fsp3) is 0.100. The first kappa shape index (κ1) is 17.2. The molecule has 0 aliphatic heterocycles. The summed E-state index contributed by atoms with van der Waals surface area (Å²) in [4.78, 5) is 8.93. The molecule has 7 heteroatoms. The van der Waals surface area contributed by atoms with E-state index in [-0.39, 0.29) is 0 Å². The van der Waals surface area contributed by atoms with Crippen LogP contribution in [0, 0.1) is 13.8 Å². The zero-order valence-electron chi connectivity index (χ0n) is 14.9. The second-order valence-electron chi connectivity index (χ2n) is 6.23. The minimum atomic E-state index is 0.363. The largest absolute Gasteiger partial charge is 0.337 e. The van der Waals surface area contributed by atoms with E-state index in [0.717, 1.165) is 33.4 Å². The summed E-state index contributed by atoms with van der Waals surface area (Å²) in [6, 6.07) is 13.8. The van der Waals surface area contributed by atoms with Gasteiger partial charge in [0.05, 0.1) is 28.1 Å². The Morgan fingerprint density at radius 2 is 1.85 bits per heavy atom. The molecular formula is C20H17ClN6. The number of anilines is 4. The Morgan fingerprint density at radius 1 is 1.00 bits per heavy atom. The van der Waals surface area contributed by atoms with Crippen LogP contribution >= 0.6 is 11.6 Å². The number of nitrogens with one attached hydrogen (secondary N) is 2. The summed E-state index contributed by atoms with van der Waals surface area (Å²) in [5, 5.41) is 16.2. The maximum absolute atomic E-state index is 6.36. The average Bonchev–Trinajstić information content (AvgIpc) is 2.65. The molecule has 0 saturated carbocycles. The first-order valence-electron chi connectivity index (χ1n) is 8.44. The van der Waals surface area contributed by atoms with E-state index in [4.69, 9.17) is 11.6 Å². The first-order chi connectivity index (χ1) is 13.1. The second kappa shape index (κ2) is 7.17. The van der Waals surface area contributed by atoms with E-state index in [2.05, 4.69) is 30.8 Å². The van der Waals surface area contributed by atoms with Crippen LogP contribution in [0.2, 0.25) is 5.02 Å². The van der Waals surface area contributed by atoms with Crippen molar-refractivity contribution in [3.63, 3.8) is 0 Å². The topological polar surface area (TPSA) is 75.6 Å². The standard InChI is InChI=1S/C20H17ClN6/c1-12-9-13(2)18(15(21)10-12)26-20-25-17(11-23-27-20)24-16-7-3-5-14-6-4-8-22-19(14)16/h3-11H,1-2H3,(H2,24,25,26,27). The third-order valence-corrected chi connectivity index (χ3v) is 4.42. The molecule has 0 unspecified atom stereocenters. The van der Waals surface area contributed by atoms with Crippen molar-refractivity contribution in [3.8, 4) is 0 Å². The van der Waals surface area contributed by atoms with E-state index < -0.39 is 0 Å². The van der Waals surface area contributed by atoms with Crippen molar-refractivity contribution in [2.24, 2.45) is 0 Å². The summed E-state index contributed by atoms with van der Waals surface area (Å²) in [5.74, 6) is 0.925. The third kappa shape index (κ3) is 3.66. The Balaban J connectivity index is 1.63. The Kier molecular flexibility index (Phi) is 4.56. The van der Waals surface area contributed by atoms with E-state index in [1.165, 1.54) is 0 Å². The lowest BCUT2D eigenvalue weighted by Crippen LogP contribution is -2.04. The molecule has 0 spiro atoms. The minimum absolute atomic E-state index is 0.363. The maximum Gasteiger partial charge on any atom is 0.249 e. The van der Waals surface area contributed by atoms with Gasteiger partial charge in [0.2, 0.25) is 5.95 Å². The van der Waals surface area contributed by atoms with Crippen LogP contribution in [0.15, 0.2) is 54.9 Å². The molecule has 2 N–H and O–H groups in total. The van der Waals surface area contributed by atoms with Crippen molar-refractivity contribution in [1.82, 2.24) is 20.2 Å². The third-order valence-electron chi connectivity index (χ3n) is 4.12. The predicted octanol–water partition coefficient (Wildman–Crippen LogP) is 5.18. The summed E-state index contributed by atoms with van der Waals surface area (Å²) >= 11 is 6.36. The summed E-state index contributed by atoms with van der Waals surface area (Å²) in [7, 11) is 0. The van der Waals surface area contributed by atoms with Crippen molar-refractivity contribution in [2.45, 2.75) is 13.8 Å². The summed E-state index contributed by atoms with van der Waals surface area (Å²) < 4.78 is 0. The molecule has 0 fully saturated rings. The van der Waals surface area contributed by atoms with Crippen LogP contribution in [-0.2, 0) is 0 Å². The molecule has 4 aromatic rings. The van der Waals surface area contributed by atoms with Crippen molar-refractivity contribution in [2.75, 3.05) is 10.6 Å². The highest BCUT2D eigenvalue weighted by molar-refractivity contribution is 6.33. The van der Waals surface area contributed by atoms with Gasteiger partial charge in [-0.15, -0.1) is 5.10 Å². The van der Waals surface area contributed by atoms with Crippen LogP contribution in [0.1, 0.15) is 11.1 Å². The van der Waals surface area contributed by atoms with E-state index >= 15 is 0 Å². The number of aryl methyl sites for hydroxylation is 2. The molecule has 0 radical (unpaired) electrons. The average molecular weight is 377 g/mol. The van der Waals surface area contributed by atoms with Gasteiger partial charge in [0.25, 0.3) is 0 Å². The normalized spacial score (nSPS) is 10.8. The SMILES string of the molecule is Cc1cc(C)c(Nc2nncc(Nc3cccc4cccnc34)n2)c(Cl)c1. The molecule has 4 rings (SSSR count). The van der Waals surface area contributed by atoms with E-state index in [0.29, 0.717) is 16.8 Å². The molecule has 2 aromatic carbocycles. The van der Waals surface area contributed by atoms with Gasteiger partial charge < -0.3 is 10.6 Å². The van der Waals surface area contributed by atoms with Crippen LogP contribution in [0.25, 0.3) is 10.9 Å².